The maximum Gasteiger partial charge on any atom is 0.242 e. The smallest absolute Gasteiger partial charge is 0.242 e. The van der Waals surface area contributed by atoms with E-state index in [4.69, 9.17) is 0 Å². The molecule has 2 fully saturated rings. The molecule has 1 spiro atoms. The average molecular weight is 274 g/mol. The number of amidine groups is 1. The van der Waals surface area contributed by atoms with Crippen molar-refractivity contribution in [3.8, 4) is 0 Å². The SMILES string of the molecule is C[C@H](N=C1NC(=O)C2(CCCC2)S1)c1ccccc1. The number of carbonyl (C=O) groups is 1. The number of hydrogen-bond donors (Lipinski definition) is 1. The molecule has 0 radical (unpaired) electrons. The van der Waals surface area contributed by atoms with E-state index in [1.165, 1.54) is 5.56 Å². The molecule has 0 aromatic heterocycles. The summed E-state index contributed by atoms with van der Waals surface area (Å²) in [4.78, 5) is 16.8. The van der Waals surface area contributed by atoms with E-state index in [9.17, 15) is 4.79 Å². The van der Waals surface area contributed by atoms with Crippen molar-refractivity contribution < 1.29 is 4.79 Å². The summed E-state index contributed by atoms with van der Waals surface area (Å²) in [5.74, 6) is 0.161. The van der Waals surface area contributed by atoms with Gasteiger partial charge in [-0.2, -0.15) is 0 Å². The largest absolute Gasteiger partial charge is 0.304 e. The molecule has 1 saturated carbocycles. The van der Waals surface area contributed by atoms with Gasteiger partial charge in [-0.3, -0.25) is 9.79 Å². The van der Waals surface area contributed by atoms with Crippen molar-refractivity contribution in [2.24, 2.45) is 4.99 Å². The van der Waals surface area contributed by atoms with Crippen LogP contribution >= 0.6 is 11.8 Å². The van der Waals surface area contributed by atoms with Gasteiger partial charge in [-0.05, 0) is 25.3 Å². The second-order valence-electron chi connectivity index (χ2n) is 5.28. The van der Waals surface area contributed by atoms with Gasteiger partial charge in [0, 0.05) is 0 Å². The number of carbonyl (C=O) groups excluding carboxylic acids is 1. The standard InChI is InChI=1S/C15H18N2OS/c1-11(12-7-3-2-4-8-12)16-14-17-13(18)15(19-14)9-5-6-10-15/h2-4,7-8,11H,5-6,9-10H2,1H3,(H,16,17,18)/t11-/m0/s1. The van der Waals surface area contributed by atoms with Crippen molar-refractivity contribution in [1.29, 1.82) is 0 Å². The Bertz CT molecular complexity index is 506. The molecule has 4 heteroatoms. The van der Waals surface area contributed by atoms with Gasteiger partial charge in [-0.25, -0.2) is 0 Å². The number of amides is 1. The van der Waals surface area contributed by atoms with Crippen LogP contribution in [-0.4, -0.2) is 15.8 Å². The minimum Gasteiger partial charge on any atom is -0.304 e. The van der Waals surface area contributed by atoms with Crippen LogP contribution in [0.1, 0.15) is 44.2 Å². The van der Waals surface area contributed by atoms with E-state index in [0.717, 1.165) is 30.9 Å². The fraction of sp³-hybridized carbons (Fsp3) is 0.467. The van der Waals surface area contributed by atoms with E-state index in [-0.39, 0.29) is 16.7 Å². The van der Waals surface area contributed by atoms with Crippen LogP contribution < -0.4 is 5.32 Å². The first kappa shape index (κ1) is 12.7. The van der Waals surface area contributed by atoms with E-state index < -0.39 is 0 Å². The topological polar surface area (TPSA) is 41.5 Å². The quantitative estimate of drug-likeness (QED) is 0.899. The third kappa shape index (κ3) is 2.41. The van der Waals surface area contributed by atoms with Gasteiger partial charge >= 0.3 is 0 Å². The predicted octanol–water partition coefficient (Wildman–Crippen LogP) is 3.28. The molecular weight excluding hydrogens is 256 g/mol. The highest BCUT2D eigenvalue weighted by Crippen LogP contribution is 2.45. The van der Waals surface area contributed by atoms with Gasteiger partial charge in [0.05, 0.1) is 6.04 Å². The van der Waals surface area contributed by atoms with E-state index in [1.807, 2.05) is 18.2 Å². The molecule has 1 aromatic carbocycles. The van der Waals surface area contributed by atoms with Crippen LogP contribution in [0.5, 0.6) is 0 Å². The number of nitrogens with zero attached hydrogens (tertiary/aromatic N) is 1. The van der Waals surface area contributed by atoms with Crippen molar-refractivity contribution in [3.63, 3.8) is 0 Å². The van der Waals surface area contributed by atoms with Gasteiger partial charge < -0.3 is 5.32 Å². The summed E-state index contributed by atoms with van der Waals surface area (Å²) in [5, 5.41) is 3.76. The fourth-order valence-electron chi connectivity index (χ4n) is 2.78. The maximum absolute atomic E-state index is 12.1. The van der Waals surface area contributed by atoms with Gasteiger partial charge in [-0.1, -0.05) is 54.9 Å². The Morgan fingerprint density at radius 1 is 1.26 bits per heavy atom. The zero-order chi connectivity index (χ0) is 13.3. The van der Waals surface area contributed by atoms with E-state index in [1.54, 1.807) is 11.8 Å². The summed E-state index contributed by atoms with van der Waals surface area (Å²) < 4.78 is -0.213. The van der Waals surface area contributed by atoms with E-state index >= 15 is 0 Å². The molecule has 1 N–H and O–H groups in total. The molecule has 1 aliphatic carbocycles. The minimum atomic E-state index is -0.213. The Kier molecular flexibility index (Phi) is 3.35. The maximum atomic E-state index is 12.1. The lowest BCUT2D eigenvalue weighted by Gasteiger charge is -2.15. The average Bonchev–Trinajstić information content (AvgIpc) is 3.00. The number of nitrogens with one attached hydrogen (secondary N) is 1. The van der Waals surface area contributed by atoms with Crippen LogP contribution in [0, 0.1) is 0 Å². The summed E-state index contributed by atoms with van der Waals surface area (Å²) >= 11 is 1.64. The Morgan fingerprint density at radius 2 is 1.95 bits per heavy atom. The third-order valence-corrected chi connectivity index (χ3v) is 5.32. The van der Waals surface area contributed by atoms with Crippen molar-refractivity contribution >= 4 is 22.8 Å². The zero-order valence-corrected chi connectivity index (χ0v) is 11.9. The van der Waals surface area contributed by atoms with Gasteiger partial charge in [0.1, 0.15) is 4.75 Å². The molecule has 3 nitrogen and oxygen atoms in total. The minimum absolute atomic E-state index is 0.0838. The molecule has 1 amide bonds. The third-order valence-electron chi connectivity index (χ3n) is 3.93. The molecule has 2 aliphatic rings. The number of benzene rings is 1. The second-order valence-corrected chi connectivity index (χ2v) is 6.65. The lowest BCUT2D eigenvalue weighted by atomic mass is 10.1. The molecule has 100 valence electrons. The monoisotopic (exact) mass is 274 g/mol. The van der Waals surface area contributed by atoms with Gasteiger partial charge in [0.25, 0.3) is 0 Å². The van der Waals surface area contributed by atoms with E-state index in [0.29, 0.717) is 0 Å². The predicted molar refractivity (Wildman–Crippen MR) is 79.2 cm³/mol. The lowest BCUT2D eigenvalue weighted by molar-refractivity contribution is -0.121. The second kappa shape index (κ2) is 5.00. The first-order valence-corrected chi connectivity index (χ1v) is 7.64. The number of hydrogen-bond acceptors (Lipinski definition) is 3. The Labute approximate surface area is 117 Å². The van der Waals surface area contributed by atoms with Crippen molar-refractivity contribution in [2.75, 3.05) is 0 Å². The van der Waals surface area contributed by atoms with Gasteiger partial charge in [-0.15, -0.1) is 0 Å². The number of thioether (sulfide) groups is 1. The summed E-state index contributed by atoms with van der Waals surface area (Å²) in [6.07, 6.45) is 4.29. The van der Waals surface area contributed by atoms with Crippen molar-refractivity contribution in [3.05, 3.63) is 35.9 Å². The molecular formula is C15H18N2OS. The molecule has 1 aromatic rings. The summed E-state index contributed by atoms with van der Waals surface area (Å²) in [6.45, 7) is 2.06. The lowest BCUT2D eigenvalue weighted by Crippen LogP contribution is -2.33. The van der Waals surface area contributed by atoms with Crippen LogP contribution in [-0.2, 0) is 4.79 Å². The molecule has 0 bridgehead atoms. The first-order valence-electron chi connectivity index (χ1n) is 6.83. The molecule has 3 rings (SSSR count). The van der Waals surface area contributed by atoms with Gasteiger partial charge in [0.2, 0.25) is 5.91 Å². The fourth-order valence-corrected chi connectivity index (χ4v) is 4.14. The highest BCUT2D eigenvalue weighted by molar-refractivity contribution is 8.16. The Hall–Kier alpha value is -1.29. The van der Waals surface area contributed by atoms with Crippen LogP contribution in [0.15, 0.2) is 35.3 Å². The summed E-state index contributed by atoms with van der Waals surface area (Å²) in [6, 6.07) is 10.3. The molecule has 1 saturated heterocycles. The Morgan fingerprint density at radius 3 is 2.63 bits per heavy atom. The highest BCUT2D eigenvalue weighted by atomic mass is 32.2. The Balaban J connectivity index is 1.77. The molecule has 0 unspecified atom stereocenters. The number of aliphatic imine (C=N–C) groups is 1. The van der Waals surface area contributed by atoms with Crippen LogP contribution in [0.4, 0.5) is 0 Å². The van der Waals surface area contributed by atoms with Crippen LogP contribution in [0.3, 0.4) is 0 Å². The highest BCUT2D eigenvalue weighted by Gasteiger charge is 2.48. The summed E-state index contributed by atoms with van der Waals surface area (Å²) in [5.41, 5.74) is 1.18. The molecule has 1 atom stereocenters. The van der Waals surface area contributed by atoms with Crippen molar-refractivity contribution in [2.45, 2.75) is 43.4 Å². The van der Waals surface area contributed by atoms with Crippen LogP contribution in [0.25, 0.3) is 0 Å². The van der Waals surface area contributed by atoms with Crippen LogP contribution in [0.2, 0.25) is 0 Å². The first-order chi connectivity index (χ1) is 9.20. The molecule has 19 heavy (non-hydrogen) atoms. The van der Waals surface area contributed by atoms with Crippen molar-refractivity contribution in [1.82, 2.24) is 5.32 Å². The number of rotatable bonds is 2. The summed E-state index contributed by atoms with van der Waals surface area (Å²) in [7, 11) is 0. The van der Waals surface area contributed by atoms with E-state index in [2.05, 4.69) is 29.4 Å². The molecule has 1 aliphatic heterocycles. The normalized spacial score (nSPS) is 24.9. The zero-order valence-electron chi connectivity index (χ0n) is 11.1. The van der Waals surface area contributed by atoms with Gasteiger partial charge in [0.15, 0.2) is 5.17 Å². The molecule has 1 heterocycles.